The highest BCUT2D eigenvalue weighted by Crippen LogP contribution is 2.31. The van der Waals surface area contributed by atoms with Crippen LogP contribution in [0.1, 0.15) is 30.9 Å². The molecule has 3 aromatic rings. The van der Waals surface area contributed by atoms with E-state index in [1.54, 1.807) is 23.1 Å². The molecular formula is C23H26N2O2S2. The minimum absolute atomic E-state index is 0.0841. The van der Waals surface area contributed by atoms with Crippen LogP contribution in [0.4, 0.5) is 5.13 Å². The number of anilines is 1. The molecule has 1 aliphatic rings. The number of nitrogens with zero attached hydrogens (tertiary/aromatic N) is 2. The summed E-state index contributed by atoms with van der Waals surface area (Å²) in [6.07, 6.45) is 3.15. The highest BCUT2D eigenvalue weighted by molar-refractivity contribution is 8.00. The van der Waals surface area contributed by atoms with Crippen LogP contribution >= 0.6 is 23.1 Å². The second kappa shape index (κ2) is 9.28. The quantitative estimate of drug-likeness (QED) is 0.470. The van der Waals surface area contributed by atoms with Crippen molar-refractivity contribution in [2.24, 2.45) is 0 Å². The molecule has 1 aliphatic heterocycles. The largest absolute Gasteiger partial charge is 0.376 e. The van der Waals surface area contributed by atoms with Gasteiger partial charge >= 0.3 is 0 Å². The molecule has 1 saturated heterocycles. The topological polar surface area (TPSA) is 42.4 Å². The van der Waals surface area contributed by atoms with Gasteiger partial charge in [-0.15, -0.1) is 11.8 Å². The molecule has 1 unspecified atom stereocenters. The number of fused-ring (bicyclic) bond motifs is 1. The molecule has 2 heterocycles. The van der Waals surface area contributed by atoms with Crippen LogP contribution in [-0.4, -0.2) is 35.9 Å². The molecule has 1 amide bonds. The molecule has 29 heavy (non-hydrogen) atoms. The van der Waals surface area contributed by atoms with Crippen molar-refractivity contribution in [3.8, 4) is 0 Å². The van der Waals surface area contributed by atoms with Crippen molar-refractivity contribution >= 4 is 44.4 Å². The van der Waals surface area contributed by atoms with Crippen molar-refractivity contribution in [3.05, 3.63) is 53.6 Å². The number of aromatic nitrogens is 1. The van der Waals surface area contributed by atoms with E-state index in [4.69, 9.17) is 9.72 Å². The fourth-order valence-electron chi connectivity index (χ4n) is 3.43. The smallest absolute Gasteiger partial charge is 0.239 e. The molecule has 4 rings (SSSR count). The maximum atomic E-state index is 13.2. The summed E-state index contributed by atoms with van der Waals surface area (Å²) in [5, 5.41) is 0.776. The first-order chi connectivity index (χ1) is 14.1. The number of carbonyl (C=O) groups is 1. The molecule has 152 valence electrons. The average Bonchev–Trinajstić information content (AvgIpc) is 3.40. The Morgan fingerprint density at radius 3 is 2.83 bits per heavy atom. The Bertz CT molecular complexity index is 978. The van der Waals surface area contributed by atoms with Gasteiger partial charge in [0.05, 0.1) is 28.6 Å². The normalized spacial score (nSPS) is 16.4. The van der Waals surface area contributed by atoms with Crippen LogP contribution in [0.3, 0.4) is 0 Å². The average molecular weight is 427 g/mol. The Hall–Kier alpha value is -1.89. The first kappa shape index (κ1) is 20.4. The zero-order chi connectivity index (χ0) is 20.2. The Kier molecular flexibility index (Phi) is 6.53. The van der Waals surface area contributed by atoms with E-state index in [0.717, 1.165) is 46.1 Å². The Balaban J connectivity index is 1.55. The predicted molar refractivity (Wildman–Crippen MR) is 122 cm³/mol. The van der Waals surface area contributed by atoms with E-state index in [2.05, 4.69) is 56.3 Å². The number of aryl methyl sites for hydroxylation is 2. The van der Waals surface area contributed by atoms with Gasteiger partial charge in [0.15, 0.2) is 5.13 Å². The highest BCUT2D eigenvalue weighted by Gasteiger charge is 2.26. The molecule has 0 spiro atoms. The third-order valence-corrected chi connectivity index (χ3v) is 7.21. The molecule has 0 bridgehead atoms. The van der Waals surface area contributed by atoms with Gasteiger partial charge in [0.1, 0.15) is 0 Å². The van der Waals surface area contributed by atoms with E-state index in [9.17, 15) is 4.79 Å². The standard InChI is InChI=1S/C23H26N2O2S2/c1-3-17-8-11-20-21(13-17)29-23(24-20)25(14-18-5-4-12-27-18)22(26)15-28-19-9-6-16(2)7-10-19/h6-11,13,18H,3-5,12,14-15H2,1-2H3. The van der Waals surface area contributed by atoms with Crippen LogP contribution < -0.4 is 4.90 Å². The van der Waals surface area contributed by atoms with E-state index in [1.807, 2.05) is 4.90 Å². The fraction of sp³-hybridized carbons (Fsp3) is 0.391. The van der Waals surface area contributed by atoms with Crippen LogP contribution in [0.15, 0.2) is 47.4 Å². The maximum absolute atomic E-state index is 13.2. The van der Waals surface area contributed by atoms with Crippen molar-refractivity contribution in [1.82, 2.24) is 4.98 Å². The lowest BCUT2D eigenvalue weighted by Crippen LogP contribution is -2.38. The number of ether oxygens (including phenoxy) is 1. The van der Waals surface area contributed by atoms with Crippen LogP contribution in [0.25, 0.3) is 10.2 Å². The van der Waals surface area contributed by atoms with Gasteiger partial charge in [0.25, 0.3) is 0 Å². The molecule has 0 aliphatic carbocycles. The van der Waals surface area contributed by atoms with Gasteiger partial charge in [-0.3, -0.25) is 9.69 Å². The molecule has 0 saturated carbocycles. The molecule has 4 nitrogen and oxygen atoms in total. The monoisotopic (exact) mass is 426 g/mol. The minimum Gasteiger partial charge on any atom is -0.376 e. The third kappa shape index (κ3) is 5.00. The number of hydrogen-bond donors (Lipinski definition) is 0. The first-order valence-corrected chi connectivity index (χ1v) is 11.9. The molecular weight excluding hydrogens is 400 g/mol. The van der Waals surface area contributed by atoms with Gasteiger partial charge in [0.2, 0.25) is 5.91 Å². The summed E-state index contributed by atoms with van der Waals surface area (Å²) < 4.78 is 6.95. The Morgan fingerprint density at radius 1 is 1.28 bits per heavy atom. The summed E-state index contributed by atoms with van der Waals surface area (Å²) in [5.74, 6) is 0.479. The summed E-state index contributed by atoms with van der Waals surface area (Å²) in [5.41, 5.74) is 3.47. The molecule has 0 N–H and O–H groups in total. The number of thiazole rings is 1. The van der Waals surface area contributed by atoms with E-state index >= 15 is 0 Å². The molecule has 0 radical (unpaired) electrons. The Labute approximate surface area is 180 Å². The molecule has 6 heteroatoms. The number of carbonyl (C=O) groups excluding carboxylic acids is 1. The Morgan fingerprint density at radius 2 is 2.10 bits per heavy atom. The van der Waals surface area contributed by atoms with Gasteiger partial charge in [-0.05, 0) is 56.0 Å². The number of amides is 1. The van der Waals surface area contributed by atoms with Crippen molar-refractivity contribution in [2.75, 3.05) is 23.8 Å². The molecule has 1 atom stereocenters. The molecule has 2 aromatic carbocycles. The van der Waals surface area contributed by atoms with E-state index < -0.39 is 0 Å². The van der Waals surface area contributed by atoms with Crippen LogP contribution in [0, 0.1) is 6.92 Å². The van der Waals surface area contributed by atoms with Gasteiger partial charge < -0.3 is 4.74 Å². The molecule has 1 aromatic heterocycles. The number of benzene rings is 2. The van der Waals surface area contributed by atoms with Gasteiger partial charge in [-0.25, -0.2) is 4.98 Å². The maximum Gasteiger partial charge on any atom is 0.239 e. The third-order valence-electron chi connectivity index (χ3n) is 5.18. The summed E-state index contributed by atoms with van der Waals surface area (Å²) in [6, 6.07) is 14.7. The van der Waals surface area contributed by atoms with Crippen LogP contribution in [0.5, 0.6) is 0 Å². The van der Waals surface area contributed by atoms with Crippen molar-refractivity contribution in [3.63, 3.8) is 0 Å². The van der Waals surface area contributed by atoms with Gasteiger partial charge in [0, 0.05) is 11.5 Å². The second-order valence-electron chi connectivity index (χ2n) is 7.39. The van der Waals surface area contributed by atoms with Gasteiger partial charge in [-0.1, -0.05) is 42.0 Å². The van der Waals surface area contributed by atoms with E-state index in [-0.39, 0.29) is 12.0 Å². The number of thioether (sulfide) groups is 1. The van der Waals surface area contributed by atoms with Crippen molar-refractivity contribution < 1.29 is 9.53 Å². The predicted octanol–water partition coefficient (Wildman–Crippen LogP) is 5.47. The highest BCUT2D eigenvalue weighted by atomic mass is 32.2. The number of hydrogen-bond acceptors (Lipinski definition) is 5. The second-order valence-corrected chi connectivity index (χ2v) is 9.45. The zero-order valence-corrected chi connectivity index (χ0v) is 18.5. The SMILES string of the molecule is CCc1ccc2nc(N(CC3CCCO3)C(=O)CSc3ccc(C)cc3)sc2c1. The summed E-state index contributed by atoms with van der Waals surface area (Å²) in [6.45, 7) is 5.58. The number of rotatable bonds is 7. The summed E-state index contributed by atoms with van der Waals surface area (Å²) in [4.78, 5) is 20.9. The van der Waals surface area contributed by atoms with Gasteiger partial charge in [-0.2, -0.15) is 0 Å². The van der Waals surface area contributed by atoms with Crippen molar-refractivity contribution in [2.45, 2.75) is 44.1 Å². The zero-order valence-electron chi connectivity index (χ0n) is 16.9. The lowest BCUT2D eigenvalue weighted by atomic mass is 10.2. The van der Waals surface area contributed by atoms with Crippen LogP contribution in [0.2, 0.25) is 0 Å². The summed E-state index contributed by atoms with van der Waals surface area (Å²) >= 11 is 3.18. The van der Waals surface area contributed by atoms with E-state index in [1.165, 1.54) is 11.1 Å². The lowest BCUT2D eigenvalue weighted by molar-refractivity contribution is -0.116. The summed E-state index contributed by atoms with van der Waals surface area (Å²) in [7, 11) is 0. The fourth-order valence-corrected chi connectivity index (χ4v) is 5.26. The van der Waals surface area contributed by atoms with E-state index in [0.29, 0.717) is 12.3 Å². The van der Waals surface area contributed by atoms with Crippen molar-refractivity contribution in [1.29, 1.82) is 0 Å². The first-order valence-electron chi connectivity index (χ1n) is 10.1. The minimum atomic E-state index is 0.0841. The van der Waals surface area contributed by atoms with Crippen LogP contribution in [-0.2, 0) is 16.0 Å². The molecule has 1 fully saturated rings. The lowest BCUT2D eigenvalue weighted by Gasteiger charge is -2.23.